The number of para-hydroxylation sites is 1. The van der Waals surface area contributed by atoms with Gasteiger partial charge >= 0.3 is 6.09 Å². The number of amides is 2. The highest BCUT2D eigenvalue weighted by Crippen LogP contribution is 2.23. The molecule has 1 aliphatic rings. The number of nitrogens with zero attached hydrogens (tertiary/aromatic N) is 5. The van der Waals surface area contributed by atoms with Crippen LogP contribution in [0.25, 0.3) is 0 Å². The minimum atomic E-state index is -3.98. The number of hydrogen-bond acceptors (Lipinski definition) is 9. The molecule has 1 aromatic heterocycles. The van der Waals surface area contributed by atoms with E-state index in [4.69, 9.17) is 4.74 Å². The predicted molar refractivity (Wildman–Crippen MR) is 136 cm³/mol. The number of nitrogens with one attached hydrogen (secondary N) is 1. The highest BCUT2D eigenvalue weighted by Gasteiger charge is 2.33. The number of anilines is 2. The van der Waals surface area contributed by atoms with Crippen LogP contribution in [0.4, 0.5) is 16.3 Å². The van der Waals surface area contributed by atoms with Crippen LogP contribution in [-0.2, 0) is 24.8 Å². The van der Waals surface area contributed by atoms with E-state index in [0.717, 1.165) is 10.6 Å². The number of carbonyl (C=O) groups excluding carboxylic acids is 2. The second kappa shape index (κ2) is 10.6. The summed E-state index contributed by atoms with van der Waals surface area (Å²) in [6.07, 6.45) is 0.512. The number of sulfonamides is 2. The number of piperazine rings is 1. The van der Waals surface area contributed by atoms with E-state index in [1.807, 2.05) is 0 Å². The van der Waals surface area contributed by atoms with Gasteiger partial charge in [0.1, 0.15) is 5.60 Å². The monoisotopic (exact) mass is 554 g/mol. The standard InChI is InChI=1S/C22H30N6O7S2/c1-22(2,3)35-21(30)27-12-14-28(15-13-27)37(33,34)19-11-10-18(24-25-19)23-20(29)16-8-6-7-9-17(16)26(4)36(5,31)32/h6-11H,12-15H2,1-5H3,(H,23,24,29). The fourth-order valence-corrected chi connectivity index (χ4v) is 5.21. The molecule has 2 heterocycles. The van der Waals surface area contributed by atoms with Gasteiger partial charge in [0.15, 0.2) is 10.8 Å². The molecule has 202 valence electrons. The minimum absolute atomic E-state index is 0.0180. The molecule has 0 spiro atoms. The van der Waals surface area contributed by atoms with E-state index in [-0.39, 0.29) is 48.3 Å². The molecule has 1 N–H and O–H groups in total. The summed E-state index contributed by atoms with van der Waals surface area (Å²) in [4.78, 5) is 26.5. The van der Waals surface area contributed by atoms with Crippen molar-refractivity contribution in [2.75, 3.05) is 49.1 Å². The third kappa shape index (κ3) is 6.93. The number of carbonyl (C=O) groups is 2. The van der Waals surface area contributed by atoms with Gasteiger partial charge in [-0.05, 0) is 45.0 Å². The van der Waals surface area contributed by atoms with Gasteiger partial charge in [-0.2, -0.15) is 4.31 Å². The van der Waals surface area contributed by atoms with Crippen LogP contribution in [0.3, 0.4) is 0 Å². The van der Waals surface area contributed by atoms with Crippen molar-refractivity contribution < 1.29 is 31.2 Å². The molecule has 1 fully saturated rings. The fraction of sp³-hybridized carbons (Fsp3) is 0.455. The lowest BCUT2D eigenvalue weighted by atomic mass is 10.1. The number of rotatable bonds is 6. The van der Waals surface area contributed by atoms with E-state index in [1.165, 1.54) is 40.5 Å². The van der Waals surface area contributed by atoms with Crippen molar-refractivity contribution in [1.82, 2.24) is 19.4 Å². The van der Waals surface area contributed by atoms with Crippen LogP contribution in [0.1, 0.15) is 31.1 Å². The summed E-state index contributed by atoms with van der Waals surface area (Å²) >= 11 is 0. The van der Waals surface area contributed by atoms with E-state index < -0.39 is 37.6 Å². The first-order valence-electron chi connectivity index (χ1n) is 11.3. The summed E-state index contributed by atoms with van der Waals surface area (Å²) in [5, 5.41) is 9.76. The Bertz CT molecular complexity index is 1360. The van der Waals surface area contributed by atoms with Crippen LogP contribution in [0.15, 0.2) is 41.4 Å². The zero-order valence-corrected chi connectivity index (χ0v) is 22.8. The van der Waals surface area contributed by atoms with Gasteiger partial charge in [0.05, 0.1) is 17.5 Å². The Labute approximate surface area is 216 Å². The molecule has 2 aromatic rings. The Morgan fingerprint density at radius 3 is 2.14 bits per heavy atom. The number of ether oxygens (including phenoxy) is 1. The second-order valence-electron chi connectivity index (χ2n) is 9.33. The predicted octanol–water partition coefficient (Wildman–Crippen LogP) is 1.37. The molecule has 0 radical (unpaired) electrons. The summed E-state index contributed by atoms with van der Waals surface area (Å²) < 4.78 is 57.3. The molecule has 0 atom stereocenters. The maximum absolute atomic E-state index is 13.0. The molecule has 0 unspecified atom stereocenters. The Morgan fingerprint density at radius 2 is 1.59 bits per heavy atom. The van der Waals surface area contributed by atoms with E-state index >= 15 is 0 Å². The highest BCUT2D eigenvalue weighted by atomic mass is 32.2. The first kappa shape index (κ1) is 28.3. The molecular formula is C22H30N6O7S2. The van der Waals surface area contributed by atoms with Crippen LogP contribution in [-0.4, -0.2) is 93.3 Å². The largest absolute Gasteiger partial charge is 0.444 e. The van der Waals surface area contributed by atoms with Gasteiger partial charge in [0.2, 0.25) is 10.0 Å². The van der Waals surface area contributed by atoms with Crippen molar-refractivity contribution in [3.8, 4) is 0 Å². The highest BCUT2D eigenvalue weighted by molar-refractivity contribution is 7.92. The van der Waals surface area contributed by atoms with Gasteiger partial charge < -0.3 is 15.0 Å². The smallest absolute Gasteiger partial charge is 0.410 e. The summed E-state index contributed by atoms with van der Waals surface area (Å²) in [5.41, 5.74) is -0.407. The molecule has 2 amide bonds. The number of hydrogen-bond donors (Lipinski definition) is 1. The quantitative estimate of drug-likeness (QED) is 0.556. The maximum Gasteiger partial charge on any atom is 0.410 e. The Morgan fingerprint density at radius 1 is 0.973 bits per heavy atom. The van der Waals surface area contributed by atoms with Crippen molar-refractivity contribution >= 4 is 43.6 Å². The zero-order chi connectivity index (χ0) is 27.6. The molecule has 0 bridgehead atoms. The van der Waals surface area contributed by atoms with E-state index in [2.05, 4.69) is 15.5 Å². The van der Waals surface area contributed by atoms with Crippen LogP contribution in [0.5, 0.6) is 0 Å². The summed E-state index contributed by atoms with van der Waals surface area (Å²) in [6.45, 7) is 5.71. The molecule has 0 saturated carbocycles. The van der Waals surface area contributed by atoms with Crippen molar-refractivity contribution in [2.45, 2.75) is 31.4 Å². The van der Waals surface area contributed by atoms with Crippen molar-refractivity contribution in [2.24, 2.45) is 0 Å². The number of aromatic nitrogens is 2. The lowest BCUT2D eigenvalue weighted by Gasteiger charge is -2.34. The molecule has 15 heteroatoms. The average Bonchev–Trinajstić information content (AvgIpc) is 2.82. The lowest BCUT2D eigenvalue weighted by molar-refractivity contribution is 0.0192. The molecule has 0 aliphatic carbocycles. The average molecular weight is 555 g/mol. The maximum atomic E-state index is 13.0. The molecule has 3 rings (SSSR count). The molecule has 1 aromatic carbocycles. The Balaban J connectivity index is 1.68. The Hall–Kier alpha value is -3.30. The third-order valence-corrected chi connectivity index (χ3v) is 8.34. The van der Waals surface area contributed by atoms with Crippen molar-refractivity contribution in [3.05, 3.63) is 42.0 Å². The van der Waals surface area contributed by atoms with E-state index in [1.54, 1.807) is 32.9 Å². The van der Waals surface area contributed by atoms with Crippen LogP contribution < -0.4 is 9.62 Å². The van der Waals surface area contributed by atoms with Gasteiger partial charge in [-0.3, -0.25) is 9.10 Å². The zero-order valence-electron chi connectivity index (χ0n) is 21.2. The van der Waals surface area contributed by atoms with Gasteiger partial charge in [-0.1, -0.05) is 12.1 Å². The van der Waals surface area contributed by atoms with Gasteiger partial charge in [-0.15, -0.1) is 10.2 Å². The molecule has 1 aliphatic heterocycles. The molecular weight excluding hydrogens is 524 g/mol. The van der Waals surface area contributed by atoms with Gasteiger partial charge in [0.25, 0.3) is 15.9 Å². The SMILES string of the molecule is CN(c1ccccc1C(=O)Nc1ccc(S(=O)(=O)N2CCN(C(=O)OC(C)(C)C)CC2)nn1)S(C)(=O)=O. The van der Waals surface area contributed by atoms with Gasteiger partial charge in [-0.25, -0.2) is 21.6 Å². The first-order chi connectivity index (χ1) is 17.1. The Kier molecular flexibility index (Phi) is 8.09. The minimum Gasteiger partial charge on any atom is -0.444 e. The third-order valence-electron chi connectivity index (χ3n) is 5.36. The first-order valence-corrected chi connectivity index (χ1v) is 14.5. The fourth-order valence-electron chi connectivity index (χ4n) is 3.40. The van der Waals surface area contributed by atoms with Crippen LogP contribution in [0.2, 0.25) is 0 Å². The summed E-state index contributed by atoms with van der Waals surface area (Å²) in [7, 11) is -6.26. The van der Waals surface area contributed by atoms with Gasteiger partial charge in [0, 0.05) is 33.2 Å². The van der Waals surface area contributed by atoms with Crippen LogP contribution in [0, 0.1) is 0 Å². The summed E-state index contributed by atoms with van der Waals surface area (Å²) in [6, 6.07) is 8.62. The topological polar surface area (TPSA) is 159 Å². The van der Waals surface area contributed by atoms with Crippen molar-refractivity contribution in [3.63, 3.8) is 0 Å². The lowest BCUT2D eigenvalue weighted by Crippen LogP contribution is -2.51. The van der Waals surface area contributed by atoms with E-state index in [0.29, 0.717) is 0 Å². The molecule has 1 saturated heterocycles. The van der Waals surface area contributed by atoms with E-state index in [9.17, 15) is 26.4 Å². The second-order valence-corrected chi connectivity index (χ2v) is 13.2. The normalized spacial score (nSPS) is 15.2. The summed E-state index contributed by atoms with van der Waals surface area (Å²) in [5.74, 6) is -0.662. The molecule has 13 nitrogen and oxygen atoms in total. The number of benzene rings is 1. The molecule has 37 heavy (non-hydrogen) atoms. The van der Waals surface area contributed by atoms with Crippen molar-refractivity contribution in [1.29, 1.82) is 0 Å². The van der Waals surface area contributed by atoms with Crippen LogP contribution >= 0.6 is 0 Å².